The number of likely N-dealkylation sites (N-methyl/N-ethyl adjacent to an activating group) is 1. The highest BCUT2D eigenvalue weighted by atomic mass is 35.5. The van der Waals surface area contributed by atoms with Crippen LogP contribution in [0.1, 0.15) is 10.4 Å². The summed E-state index contributed by atoms with van der Waals surface area (Å²) in [6.07, 6.45) is -0.0653. The second-order valence-corrected chi connectivity index (χ2v) is 5.29. The van der Waals surface area contributed by atoms with Gasteiger partial charge < -0.3 is 15.0 Å². The van der Waals surface area contributed by atoms with Crippen LogP contribution in [0, 0.1) is 10.1 Å². The second-order valence-electron chi connectivity index (χ2n) is 4.89. The van der Waals surface area contributed by atoms with Gasteiger partial charge in [-0.3, -0.25) is 14.9 Å². The first kappa shape index (κ1) is 15.7. The molecule has 1 N–H and O–H groups in total. The molecule has 114 valence electrons. The number of nitrogens with zero attached hydrogens (tertiary/aromatic N) is 2. The van der Waals surface area contributed by atoms with Gasteiger partial charge in [0.1, 0.15) is 0 Å². The lowest BCUT2D eigenvalue weighted by Gasteiger charge is -2.30. The third-order valence-electron chi connectivity index (χ3n) is 3.24. The van der Waals surface area contributed by atoms with E-state index in [9.17, 15) is 14.9 Å². The van der Waals surface area contributed by atoms with Gasteiger partial charge in [-0.25, -0.2) is 0 Å². The van der Waals surface area contributed by atoms with Crippen molar-refractivity contribution >= 4 is 23.2 Å². The number of hydrogen-bond acceptors (Lipinski definition) is 5. The molecule has 1 unspecified atom stereocenters. The fraction of sp³-hybridized carbons (Fsp3) is 0.462. The molecule has 21 heavy (non-hydrogen) atoms. The molecule has 1 amide bonds. The highest BCUT2D eigenvalue weighted by Gasteiger charge is 2.20. The Balaban J connectivity index is 1.95. The minimum Gasteiger partial charge on any atom is -0.374 e. The number of ether oxygens (including phenoxy) is 1. The first-order chi connectivity index (χ1) is 9.97. The van der Waals surface area contributed by atoms with Gasteiger partial charge in [0.25, 0.3) is 11.6 Å². The average Bonchev–Trinajstić information content (AvgIpc) is 2.44. The van der Waals surface area contributed by atoms with E-state index in [4.69, 9.17) is 16.3 Å². The van der Waals surface area contributed by atoms with Gasteiger partial charge in [-0.1, -0.05) is 11.6 Å². The van der Waals surface area contributed by atoms with Crippen LogP contribution < -0.4 is 5.32 Å². The molecule has 1 fully saturated rings. The molecule has 0 aromatic heterocycles. The number of rotatable bonds is 4. The summed E-state index contributed by atoms with van der Waals surface area (Å²) in [6.45, 7) is 2.62. The van der Waals surface area contributed by atoms with Crippen LogP contribution in [0.5, 0.6) is 0 Å². The molecule has 0 radical (unpaired) electrons. The van der Waals surface area contributed by atoms with E-state index in [1.54, 1.807) is 0 Å². The number of non-ortho nitro benzene ring substituents is 1. The maximum absolute atomic E-state index is 12.0. The lowest BCUT2D eigenvalue weighted by molar-refractivity contribution is -0.384. The lowest BCUT2D eigenvalue weighted by atomic mass is 10.2. The van der Waals surface area contributed by atoms with E-state index in [1.807, 2.05) is 7.05 Å². The molecule has 0 spiro atoms. The number of nitrogens with one attached hydrogen (secondary N) is 1. The van der Waals surface area contributed by atoms with Crippen LogP contribution >= 0.6 is 11.6 Å². The van der Waals surface area contributed by atoms with Gasteiger partial charge in [-0.15, -0.1) is 0 Å². The van der Waals surface area contributed by atoms with Crippen molar-refractivity contribution < 1.29 is 14.5 Å². The van der Waals surface area contributed by atoms with E-state index in [0.717, 1.165) is 13.1 Å². The molecule has 1 aliphatic rings. The fourth-order valence-electron chi connectivity index (χ4n) is 2.09. The minimum absolute atomic E-state index is 0.0587. The molecule has 0 saturated carbocycles. The molecule has 1 saturated heterocycles. The molecule has 8 heteroatoms. The highest BCUT2D eigenvalue weighted by Crippen LogP contribution is 2.22. The molecule has 1 aromatic carbocycles. The third-order valence-corrected chi connectivity index (χ3v) is 3.55. The zero-order chi connectivity index (χ0) is 15.4. The number of nitro benzene ring substituents is 1. The van der Waals surface area contributed by atoms with Crippen LogP contribution in [0.25, 0.3) is 0 Å². The van der Waals surface area contributed by atoms with E-state index < -0.39 is 4.92 Å². The number of halogens is 1. The van der Waals surface area contributed by atoms with Crippen molar-refractivity contribution in [3.63, 3.8) is 0 Å². The van der Waals surface area contributed by atoms with Crippen LogP contribution in [0.2, 0.25) is 5.02 Å². The first-order valence-electron chi connectivity index (χ1n) is 6.49. The molecule has 1 heterocycles. The summed E-state index contributed by atoms with van der Waals surface area (Å²) >= 11 is 5.91. The van der Waals surface area contributed by atoms with Gasteiger partial charge in [-0.05, 0) is 13.1 Å². The van der Waals surface area contributed by atoms with Crippen LogP contribution in [0.15, 0.2) is 18.2 Å². The third kappa shape index (κ3) is 4.13. The van der Waals surface area contributed by atoms with Crippen molar-refractivity contribution in [1.29, 1.82) is 0 Å². The zero-order valence-corrected chi connectivity index (χ0v) is 12.3. The molecule has 7 nitrogen and oxygen atoms in total. The van der Waals surface area contributed by atoms with Gasteiger partial charge in [-0.2, -0.15) is 0 Å². The van der Waals surface area contributed by atoms with E-state index >= 15 is 0 Å². The molecule has 2 rings (SSSR count). The number of hydrogen-bond donors (Lipinski definition) is 1. The number of carbonyl (C=O) groups excluding carboxylic acids is 1. The average molecular weight is 314 g/mol. The topological polar surface area (TPSA) is 84.7 Å². The lowest BCUT2D eigenvalue weighted by Crippen LogP contribution is -2.45. The molecule has 1 atom stereocenters. The van der Waals surface area contributed by atoms with Gasteiger partial charge in [0, 0.05) is 31.8 Å². The molecular weight excluding hydrogens is 298 g/mol. The van der Waals surface area contributed by atoms with Gasteiger partial charge >= 0.3 is 0 Å². The monoisotopic (exact) mass is 313 g/mol. The number of amides is 1. The summed E-state index contributed by atoms with van der Waals surface area (Å²) in [5, 5.41) is 13.4. The first-order valence-corrected chi connectivity index (χ1v) is 6.87. The minimum atomic E-state index is -0.556. The van der Waals surface area contributed by atoms with Crippen LogP contribution in [0.3, 0.4) is 0 Å². The van der Waals surface area contributed by atoms with Gasteiger partial charge in [0.05, 0.1) is 28.2 Å². The maximum Gasteiger partial charge on any atom is 0.270 e. The van der Waals surface area contributed by atoms with E-state index in [-0.39, 0.29) is 28.3 Å². The van der Waals surface area contributed by atoms with Crippen molar-refractivity contribution in [3.8, 4) is 0 Å². The molecular formula is C13H16ClN3O4. The summed E-state index contributed by atoms with van der Waals surface area (Å²) < 4.78 is 5.54. The van der Waals surface area contributed by atoms with E-state index in [2.05, 4.69) is 10.2 Å². The summed E-state index contributed by atoms with van der Waals surface area (Å²) in [4.78, 5) is 24.2. The Morgan fingerprint density at radius 2 is 2.38 bits per heavy atom. The largest absolute Gasteiger partial charge is 0.374 e. The Hall–Kier alpha value is -1.70. The van der Waals surface area contributed by atoms with E-state index in [0.29, 0.717) is 13.2 Å². The van der Waals surface area contributed by atoms with Gasteiger partial charge in [0.15, 0.2) is 0 Å². The number of nitro groups is 1. The van der Waals surface area contributed by atoms with E-state index in [1.165, 1.54) is 18.2 Å². The Labute approximate surface area is 127 Å². The quantitative estimate of drug-likeness (QED) is 0.669. The number of carbonyl (C=O) groups is 1. The van der Waals surface area contributed by atoms with Crippen molar-refractivity contribution in [3.05, 3.63) is 38.9 Å². The summed E-state index contributed by atoms with van der Waals surface area (Å²) in [6, 6.07) is 3.77. The molecule has 1 aliphatic heterocycles. The SMILES string of the molecule is CN1CCOC(CNC(=O)c2ccc([N+](=O)[O-])cc2Cl)C1. The second kappa shape index (κ2) is 6.84. The number of benzene rings is 1. The highest BCUT2D eigenvalue weighted by molar-refractivity contribution is 6.34. The van der Waals surface area contributed by atoms with Crippen LogP contribution in [-0.2, 0) is 4.74 Å². The smallest absolute Gasteiger partial charge is 0.270 e. The normalized spacial score (nSPS) is 19.2. The van der Waals surface area contributed by atoms with Crippen molar-refractivity contribution in [2.75, 3.05) is 33.3 Å². The van der Waals surface area contributed by atoms with Crippen molar-refractivity contribution in [2.24, 2.45) is 0 Å². The fourth-order valence-corrected chi connectivity index (χ4v) is 2.35. The predicted molar refractivity (Wildman–Crippen MR) is 77.7 cm³/mol. The number of morpholine rings is 1. The Morgan fingerprint density at radius 3 is 3.00 bits per heavy atom. The zero-order valence-electron chi connectivity index (χ0n) is 11.5. The molecule has 0 bridgehead atoms. The molecule has 1 aromatic rings. The van der Waals surface area contributed by atoms with Crippen molar-refractivity contribution in [2.45, 2.75) is 6.10 Å². The van der Waals surface area contributed by atoms with Crippen LogP contribution in [0.4, 0.5) is 5.69 Å². The van der Waals surface area contributed by atoms with Gasteiger partial charge in [0.2, 0.25) is 0 Å². The standard InChI is InChI=1S/C13H16ClN3O4/c1-16-4-5-21-10(8-16)7-15-13(18)11-3-2-9(17(19)20)6-12(11)14/h2-3,6,10H,4-5,7-8H2,1H3,(H,15,18). The Bertz CT molecular complexity index is 552. The summed E-state index contributed by atoms with van der Waals surface area (Å²) in [5.41, 5.74) is 0.0696. The Morgan fingerprint density at radius 1 is 1.62 bits per heavy atom. The Kier molecular flexibility index (Phi) is 5.11. The summed E-state index contributed by atoms with van der Waals surface area (Å²) in [5.74, 6) is -0.369. The maximum atomic E-state index is 12.0. The summed E-state index contributed by atoms with van der Waals surface area (Å²) in [7, 11) is 1.99. The van der Waals surface area contributed by atoms with Crippen LogP contribution in [-0.4, -0.2) is 55.1 Å². The predicted octanol–water partition coefficient (Wildman–Crippen LogP) is 1.31. The molecule has 0 aliphatic carbocycles. The van der Waals surface area contributed by atoms with Crippen molar-refractivity contribution in [1.82, 2.24) is 10.2 Å².